The zero-order valence-electron chi connectivity index (χ0n) is 21.9. The Kier molecular flexibility index (Phi) is 9.17. The maximum Gasteiger partial charge on any atom is 0.416 e. The number of amides is 1. The number of likely N-dealkylation sites (tertiary alicyclic amines) is 1. The molecule has 4 rings (SSSR count). The van der Waals surface area contributed by atoms with Crippen molar-refractivity contribution in [2.75, 3.05) is 39.3 Å². The van der Waals surface area contributed by atoms with Gasteiger partial charge in [0, 0.05) is 31.7 Å². The van der Waals surface area contributed by atoms with Crippen LogP contribution in [0.3, 0.4) is 0 Å². The van der Waals surface area contributed by atoms with Crippen molar-refractivity contribution in [2.24, 2.45) is 5.41 Å². The highest BCUT2D eigenvalue weighted by atomic mass is 19.4. The van der Waals surface area contributed by atoms with E-state index in [1.54, 1.807) is 0 Å². The van der Waals surface area contributed by atoms with E-state index in [0.717, 1.165) is 88.9 Å². The van der Waals surface area contributed by atoms with Crippen molar-refractivity contribution in [1.82, 2.24) is 9.80 Å². The first-order chi connectivity index (χ1) is 17.8. The SMILES string of the molecule is CCCCN1CCOc2ccccc2CCCCC2(CCN(C(=O)c3ccc(C(F)(F)F)cc3)CC2)C1. The minimum absolute atomic E-state index is 0.142. The molecule has 0 aliphatic carbocycles. The van der Waals surface area contributed by atoms with Crippen LogP contribution in [0.25, 0.3) is 0 Å². The van der Waals surface area contributed by atoms with Crippen LogP contribution in [0.15, 0.2) is 48.5 Å². The number of alkyl halides is 3. The molecule has 1 amide bonds. The fourth-order valence-electron chi connectivity index (χ4n) is 5.73. The van der Waals surface area contributed by atoms with Crippen molar-refractivity contribution < 1.29 is 22.7 Å². The number of carbonyl (C=O) groups excluding carboxylic acids is 1. The van der Waals surface area contributed by atoms with Gasteiger partial charge in [0.2, 0.25) is 0 Å². The lowest BCUT2D eigenvalue weighted by Gasteiger charge is -2.45. The lowest BCUT2D eigenvalue weighted by Crippen LogP contribution is -2.48. The molecule has 1 fully saturated rings. The predicted octanol–water partition coefficient (Wildman–Crippen LogP) is 6.84. The molecule has 0 atom stereocenters. The number of fused-ring (bicyclic) bond motifs is 1. The molecule has 0 radical (unpaired) electrons. The van der Waals surface area contributed by atoms with Crippen molar-refractivity contribution in [1.29, 1.82) is 0 Å². The molecule has 2 heterocycles. The number of carbonyl (C=O) groups is 1. The summed E-state index contributed by atoms with van der Waals surface area (Å²) >= 11 is 0. The number of halogens is 3. The van der Waals surface area contributed by atoms with Crippen LogP contribution in [0, 0.1) is 5.41 Å². The lowest BCUT2D eigenvalue weighted by molar-refractivity contribution is -0.137. The summed E-state index contributed by atoms with van der Waals surface area (Å²) in [4.78, 5) is 17.4. The molecular weight excluding hydrogens is 477 g/mol. The fourth-order valence-corrected chi connectivity index (χ4v) is 5.73. The normalized spacial score (nSPS) is 19.4. The minimum atomic E-state index is -4.40. The van der Waals surface area contributed by atoms with E-state index in [9.17, 15) is 18.0 Å². The summed E-state index contributed by atoms with van der Waals surface area (Å²) < 4.78 is 45.0. The van der Waals surface area contributed by atoms with Crippen LogP contribution in [0.2, 0.25) is 0 Å². The number of aryl methyl sites for hydroxylation is 1. The van der Waals surface area contributed by atoms with Crippen molar-refractivity contribution in [3.05, 3.63) is 65.2 Å². The number of piperidine rings is 1. The first-order valence-electron chi connectivity index (χ1n) is 13.7. The maximum atomic E-state index is 13.1. The van der Waals surface area contributed by atoms with Gasteiger partial charge in [0.25, 0.3) is 5.91 Å². The minimum Gasteiger partial charge on any atom is -0.492 e. The van der Waals surface area contributed by atoms with Crippen LogP contribution < -0.4 is 4.74 Å². The van der Waals surface area contributed by atoms with Gasteiger partial charge in [-0.05, 0) is 86.4 Å². The molecule has 2 aliphatic rings. The lowest BCUT2D eigenvalue weighted by atomic mass is 9.73. The standard InChI is InChI=1S/C30H39F3N2O2/c1-2-3-18-34-21-22-37-27-10-5-4-8-24(27)9-6-7-15-29(23-34)16-19-35(20-17-29)28(36)25-11-13-26(14-12-25)30(31,32)33/h4-5,8,10-14H,2-3,6-7,9,15-23H2,1H3. The highest BCUT2D eigenvalue weighted by molar-refractivity contribution is 5.94. The Morgan fingerprint density at radius 2 is 1.70 bits per heavy atom. The molecule has 202 valence electrons. The molecule has 4 nitrogen and oxygen atoms in total. The largest absolute Gasteiger partial charge is 0.492 e. The third kappa shape index (κ3) is 7.28. The van der Waals surface area contributed by atoms with Gasteiger partial charge in [0.15, 0.2) is 0 Å². The molecule has 1 spiro atoms. The van der Waals surface area contributed by atoms with Crippen LogP contribution in [-0.4, -0.2) is 55.0 Å². The van der Waals surface area contributed by atoms with E-state index in [4.69, 9.17) is 4.74 Å². The Hall–Kier alpha value is -2.54. The third-order valence-corrected chi connectivity index (χ3v) is 8.00. The number of unbranched alkanes of at least 4 members (excludes halogenated alkanes) is 1. The van der Waals surface area contributed by atoms with Gasteiger partial charge in [0.05, 0.1) is 5.56 Å². The molecule has 0 saturated carbocycles. The Labute approximate surface area is 218 Å². The molecule has 0 aromatic heterocycles. The summed E-state index contributed by atoms with van der Waals surface area (Å²) in [6, 6.07) is 12.9. The van der Waals surface area contributed by atoms with E-state index in [-0.39, 0.29) is 11.3 Å². The van der Waals surface area contributed by atoms with E-state index in [2.05, 4.69) is 30.0 Å². The van der Waals surface area contributed by atoms with E-state index in [1.807, 2.05) is 11.0 Å². The van der Waals surface area contributed by atoms with Gasteiger partial charge < -0.3 is 9.64 Å². The van der Waals surface area contributed by atoms with E-state index in [1.165, 1.54) is 17.7 Å². The van der Waals surface area contributed by atoms with Crippen molar-refractivity contribution in [3.8, 4) is 5.75 Å². The Balaban J connectivity index is 1.43. The smallest absolute Gasteiger partial charge is 0.416 e. The zero-order valence-corrected chi connectivity index (χ0v) is 21.9. The average Bonchev–Trinajstić information content (AvgIpc) is 2.89. The second kappa shape index (κ2) is 12.3. The maximum absolute atomic E-state index is 13.1. The first kappa shape index (κ1) is 27.5. The molecule has 2 aliphatic heterocycles. The summed E-state index contributed by atoms with van der Waals surface area (Å²) in [5.41, 5.74) is 1.01. The second-order valence-electron chi connectivity index (χ2n) is 10.7. The average molecular weight is 517 g/mol. The highest BCUT2D eigenvalue weighted by Crippen LogP contribution is 2.39. The Morgan fingerprint density at radius 3 is 2.41 bits per heavy atom. The molecule has 2 aromatic carbocycles. The summed E-state index contributed by atoms with van der Waals surface area (Å²) in [6.07, 6.45) is 4.08. The summed E-state index contributed by atoms with van der Waals surface area (Å²) in [6.45, 7) is 7.07. The van der Waals surface area contributed by atoms with Gasteiger partial charge >= 0.3 is 6.18 Å². The molecule has 0 unspecified atom stereocenters. The fraction of sp³-hybridized carbons (Fsp3) is 0.567. The quantitative estimate of drug-likeness (QED) is 0.446. The van der Waals surface area contributed by atoms with Gasteiger partial charge in [-0.3, -0.25) is 9.69 Å². The second-order valence-corrected chi connectivity index (χ2v) is 10.7. The van der Waals surface area contributed by atoms with E-state index >= 15 is 0 Å². The van der Waals surface area contributed by atoms with Gasteiger partial charge in [-0.1, -0.05) is 38.0 Å². The molecule has 37 heavy (non-hydrogen) atoms. The summed E-state index contributed by atoms with van der Waals surface area (Å²) in [7, 11) is 0. The number of nitrogens with zero attached hydrogens (tertiary/aromatic N) is 2. The summed E-state index contributed by atoms with van der Waals surface area (Å²) in [5, 5.41) is 0. The molecular formula is C30H39F3N2O2. The monoisotopic (exact) mass is 516 g/mol. The summed E-state index contributed by atoms with van der Waals surface area (Å²) in [5.74, 6) is 0.827. The van der Waals surface area contributed by atoms with Gasteiger partial charge in [-0.25, -0.2) is 0 Å². The molecule has 1 saturated heterocycles. The predicted molar refractivity (Wildman–Crippen MR) is 140 cm³/mol. The Morgan fingerprint density at radius 1 is 0.973 bits per heavy atom. The number of ether oxygens (including phenoxy) is 1. The van der Waals surface area contributed by atoms with E-state index < -0.39 is 11.7 Å². The first-order valence-corrected chi connectivity index (χ1v) is 13.7. The van der Waals surface area contributed by atoms with Crippen LogP contribution in [0.5, 0.6) is 5.75 Å². The van der Waals surface area contributed by atoms with Crippen molar-refractivity contribution >= 4 is 5.91 Å². The van der Waals surface area contributed by atoms with Gasteiger partial charge in [0.1, 0.15) is 12.4 Å². The third-order valence-electron chi connectivity index (χ3n) is 8.00. The van der Waals surface area contributed by atoms with Crippen LogP contribution in [0.1, 0.15) is 73.4 Å². The number of hydrogen-bond acceptors (Lipinski definition) is 3. The van der Waals surface area contributed by atoms with Crippen LogP contribution in [-0.2, 0) is 12.6 Å². The number of hydrogen-bond donors (Lipinski definition) is 0. The van der Waals surface area contributed by atoms with Crippen LogP contribution in [0.4, 0.5) is 13.2 Å². The van der Waals surface area contributed by atoms with E-state index in [0.29, 0.717) is 25.3 Å². The topological polar surface area (TPSA) is 32.8 Å². The van der Waals surface area contributed by atoms with Crippen molar-refractivity contribution in [3.63, 3.8) is 0 Å². The molecule has 0 bridgehead atoms. The Bertz CT molecular complexity index is 1010. The van der Waals surface area contributed by atoms with Gasteiger partial charge in [-0.15, -0.1) is 0 Å². The molecule has 2 aromatic rings. The number of benzene rings is 2. The van der Waals surface area contributed by atoms with Crippen molar-refractivity contribution in [2.45, 2.75) is 64.5 Å². The zero-order chi connectivity index (χ0) is 26.3. The van der Waals surface area contributed by atoms with Crippen LogP contribution >= 0.6 is 0 Å². The highest BCUT2D eigenvalue weighted by Gasteiger charge is 2.37. The van der Waals surface area contributed by atoms with Gasteiger partial charge in [-0.2, -0.15) is 13.2 Å². The number of para-hydroxylation sites is 1. The number of rotatable bonds is 4. The molecule has 0 N–H and O–H groups in total. The molecule has 7 heteroatoms.